The molecule has 0 unspecified atom stereocenters. The van der Waals surface area contributed by atoms with Crippen LogP contribution in [-0.4, -0.2) is 38.1 Å². The molecular formula is C18H42O5Zr. The number of rotatable bonds is 8. The topological polar surface area (TPSA) is 112 Å². The number of hydrogen-bond acceptors (Lipinski definition) is 5. The van der Waals surface area contributed by atoms with Crippen molar-refractivity contribution in [3.8, 4) is 0 Å². The zero-order chi connectivity index (χ0) is 19.2. The molecule has 0 aromatic rings. The third-order valence-electron chi connectivity index (χ3n) is 1.99. The Morgan fingerprint density at radius 3 is 0.625 bits per heavy atom. The number of aliphatic hydroxyl groups excluding tert-OH is 1. The number of unbranched alkanes of at least 4 members (excludes halogenated alkanes) is 4. The minimum absolute atomic E-state index is 0. The summed E-state index contributed by atoms with van der Waals surface area (Å²) in [5, 5.41) is 45.7. The fraction of sp³-hybridized carbons (Fsp3) is 1.00. The van der Waals surface area contributed by atoms with Gasteiger partial charge in [-0.05, 0) is 6.92 Å². The molecule has 0 rings (SSSR count). The van der Waals surface area contributed by atoms with Gasteiger partial charge in [0.05, 0.1) is 0 Å². The molecule has 148 valence electrons. The summed E-state index contributed by atoms with van der Waals surface area (Å²) in [6.07, 6.45) is 7.46. The van der Waals surface area contributed by atoms with E-state index in [9.17, 15) is 20.4 Å². The van der Waals surface area contributed by atoms with Crippen LogP contribution >= 0.6 is 0 Å². The molecule has 0 fully saturated rings. The van der Waals surface area contributed by atoms with Gasteiger partial charge < -0.3 is 25.5 Å². The van der Waals surface area contributed by atoms with E-state index >= 15 is 0 Å². The summed E-state index contributed by atoms with van der Waals surface area (Å²) in [6.45, 7) is 10.4. The van der Waals surface area contributed by atoms with Crippen LogP contribution in [0.15, 0.2) is 0 Å². The van der Waals surface area contributed by atoms with Crippen LogP contribution in [0.4, 0.5) is 0 Å². The maximum absolute atomic E-state index is 9.53. The van der Waals surface area contributed by atoms with Crippen LogP contribution in [-0.2, 0) is 26.2 Å². The predicted molar refractivity (Wildman–Crippen MR) is 91.9 cm³/mol. The Hall–Kier alpha value is 0.683. The zero-order valence-corrected chi connectivity index (χ0v) is 19.2. The van der Waals surface area contributed by atoms with Gasteiger partial charge in [-0.15, -0.1) is 26.4 Å². The average molecular weight is 430 g/mol. The van der Waals surface area contributed by atoms with Crippen molar-refractivity contribution in [3.63, 3.8) is 0 Å². The summed E-state index contributed by atoms with van der Waals surface area (Å²) in [5.74, 6) is 0. The van der Waals surface area contributed by atoms with Crippen LogP contribution in [0.2, 0.25) is 0 Å². The Morgan fingerprint density at radius 2 is 0.625 bits per heavy atom. The van der Waals surface area contributed by atoms with Crippen molar-refractivity contribution in [2.45, 2.75) is 86.0 Å². The molecule has 1 N–H and O–H groups in total. The summed E-state index contributed by atoms with van der Waals surface area (Å²) in [4.78, 5) is 0. The van der Waals surface area contributed by atoms with Crippen LogP contribution in [0.1, 0.15) is 86.0 Å². The van der Waals surface area contributed by atoms with E-state index in [4.69, 9.17) is 5.11 Å². The van der Waals surface area contributed by atoms with Gasteiger partial charge in [-0.2, -0.15) is 0 Å². The van der Waals surface area contributed by atoms with E-state index in [1.807, 2.05) is 27.7 Å². The second-order valence-electron chi connectivity index (χ2n) is 4.55. The van der Waals surface area contributed by atoms with Crippen molar-refractivity contribution >= 4 is 0 Å². The van der Waals surface area contributed by atoms with E-state index < -0.39 is 0 Å². The first-order valence-corrected chi connectivity index (χ1v) is 9.01. The fourth-order valence-electron chi connectivity index (χ4n) is 0.577. The maximum atomic E-state index is 9.53. The smallest absolute Gasteiger partial charge is 0.854 e. The molecule has 0 amide bonds. The van der Waals surface area contributed by atoms with Gasteiger partial charge in [0, 0.05) is 6.61 Å². The molecule has 0 aliphatic carbocycles. The Labute approximate surface area is 170 Å². The molecule has 0 saturated carbocycles. The Kier molecular flexibility index (Phi) is 108. The van der Waals surface area contributed by atoms with Gasteiger partial charge in [0.2, 0.25) is 0 Å². The Morgan fingerprint density at radius 1 is 0.500 bits per heavy atom. The van der Waals surface area contributed by atoms with Crippen LogP contribution in [0.3, 0.4) is 0 Å². The summed E-state index contributed by atoms with van der Waals surface area (Å²) < 4.78 is 0. The van der Waals surface area contributed by atoms with Crippen LogP contribution in [0.5, 0.6) is 0 Å². The molecule has 0 aliphatic heterocycles. The van der Waals surface area contributed by atoms with Crippen LogP contribution in [0.25, 0.3) is 0 Å². The van der Waals surface area contributed by atoms with Gasteiger partial charge in [0.25, 0.3) is 0 Å². The van der Waals surface area contributed by atoms with Gasteiger partial charge in [-0.3, -0.25) is 0 Å². The second-order valence-corrected chi connectivity index (χ2v) is 4.55. The third kappa shape index (κ3) is 141. The molecule has 0 aliphatic rings. The van der Waals surface area contributed by atoms with Crippen molar-refractivity contribution in [2.75, 3.05) is 33.0 Å². The molecule has 0 spiro atoms. The van der Waals surface area contributed by atoms with E-state index in [0.29, 0.717) is 0 Å². The first-order chi connectivity index (χ1) is 11.1. The van der Waals surface area contributed by atoms with Crippen LogP contribution < -0.4 is 20.4 Å². The van der Waals surface area contributed by atoms with E-state index in [1.165, 1.54) is 0 Å². The monoisotopic (exact) mass is 428 g/mol. The van der Waals surface area contributed by atoms with Crippen LogP contribution in [0, 0.1) is 0 Å². The van der Waals surface area contributed by atoms with Crippen molar-refractivity contribution in [2.24, 2.45) is 0 Å². The first kappa shape index (κ1) is 39.7. The van der Waals surface area contributed by atoms with Gasteiger partial charge >= 0.3 is 26.2 Å². The summed E-state index contributed by atoms with van der Waals surface area (Å²) in [6, 6.07) is 0. The quantitative estimate of drug-likeness (QED) is 0.606. The normalized spacial score (nSPS) is 7.75. The molecular weight excluding hydrogens is 387 g/mol. The van der Waals surface area contributed by atoms with Gasteiger partial charge in [-0.25, -0.2) is 0 Å². The Bertz CT molecular complexity index is 87.6. The third-order valence-corrected chi connectivity index (χ3v) is 1.99. The molecule has 6 heteroatoms. The molecule has 5 nitrogen and oxygen atoms in total. The van der Waals surface area contributed by atoms with Gasteiger partial charge in [-0.1, -0.05) is 79.1 Å². The predicted octanol–water partition coefficient (Wildman–Crippen LogP) is 0.583. The van der Waals surface area contributed by atoms with Crippen molar-refractivity contribution in [1.82, 2.24) is 0 Å². The molecule has 0 aromatic carbocycles. The fourth-order valence-corrected chi connectivity index (χ4v) is 0.577. The number of aliphatic hydroxyl groups is 1. The first-order valence-electron chi connectivity index (χ1n) is 9.01. The molecule has 0 heterocycles. The molecule has 0 bridgehead atoms. The largest absolute Gasteiger partial charge is 4.00 e. The van der Waals surface area contributed by atoms with Crippen molar-refractivity contribution < 1.29 is 51.7 Å². The van der Waals surface area contributed by atoms with E-state index in [2.05, 4.69) is 0 Å². The molecule has 0 atom stereocenters. The van der Waals surface area contributed by atoms with Crippen molar-refractivity contribution in [3.05, 3.63) is 0 Å². The van der Waals surface area contributed by atoms with E-state index in [0.717, 1.165) is 51.4 Å². The zero-order valence-electron chi connectivity index (χ0n) is 16.8. The SMILES string of the molecule is CCCC[O-].CCCC[O-].CCCC[O-].CCCC[O-].CCO.[Zr+4]. The molecule has 0 aromatic heterocycles. The van der Waals surface area contributed by atoms with E-state index in [-0.39, 0.29) is 59.2 Å². The second kappa shape index (κ2) is 65.1. The Balaban J connectivity index is -0.0000000422. The minimum atomic E-state index is 0. The standard InChI is InChI=1S/4C4H9O.C2H6O.Zr/c4*1-2-3-4-5;1-2-3;/h4*2-4H2,1H3;3H,2H2,1H3;/q4*-1;;+4. The van der Waals surface area contributed by atoms with Gasteiger partial charge in [0.1, 0.15) is 0 Å². The number of hydrogen-bond donors (Lipinski definition) is 1. The van der Waals surface area contributed by atoms with Gasteiger partial charge in [0.15, 0.2) is 0 Å². The average Bonchev–Trinajstić information content (AvgIpc) is 2.53. The molecule has 0 radical (unpaired) electrons. The molecule has 0 saturated heterocycles. The maximum Gasteiger partial charge on any atom is 4.00 e. The summed E-state index contributed by atoms with van der Waals surface area (Å²) in [5.41, 5.74) is 0. The molecule has 24 heavy (non-hydrogen) atoms. The summed E-state index contributed by atoms with van der Waals surface area (Å²) in [7, 11) is 0. The van der Waals surface area contributed by atoms with E-state index in [1.54, 1.807) is 6.92 Å². The van der Waals surface area contributed by atoms with Crippen molar-refractivity contribution in [1.29, 1.82) is 0 Å². The minimum Gasteiger partial charge on any atom is -0.854 e. The summed E-state index contributed by atoms with van der Waals surface area (Å²) >= 11 is 0.